The van der Waals surface area contributed by atoms with E-state index in [2.05, 4.69) is 5.48 Å². The topological polar surface area (TPSA) is 50.8 Å². The Morgan fingerprint density at radius 1 is 1.24 bits per heavy atom. The molecule has 1 saturated carbocycles. The molecule has 2 atom stereocenters. The monoisotopic (exact) mass is 296 g/mol. The number of carbonyl (C=O) groups is 1. The van der Waals surface area contributed by atoms with Crippen LogP contribution in [0.1, 0.15) is 52.9 Å². The first-order valence-electron chi connectivity index (χ1n) is 8.28. The van der Waals surface area contributed by atoms with Crippen LogP contribution in [0.2, 0.25) is 0 Å². The number of likely N-dealkylation sites (tertiary alicyclic amines) is 1. The lowest BCUT2D eigenvalue weighted by molar-refractivity contribution is 0.00484. The smallest absolute Gasteiger partial charge is 0.410 e. The molecule has 1 amide bonds. The second kappa shape index (κ2) is 5.43. The molecule has 1 aliphatic carbocycles. The summed E-state index contributed by atoms with van der Waals surface area (Å²) in [6.45, 7) is 7.92. The van der Waals surface area contributed by atoms with Gasteiger partial charge >= 0.3 is 6.09 Å². The van der Waals surface area contributed by atoms with Crippen LogP contribution in [-0.4, -0.2) is 41.8 Å². The Kier molecular flexibility index (Phi) is 3.91. The fourth-order valence-corrected chi connectivity index (χ4v) is 4.16. The Morgan fingerprint density at radius 2 is 1.95 bits per heavy atom. The van der Waals surface area contributed by atoms with E-state index >= 15 is 0 Å². The van der Waals surface area contributed by atoms with Crippen molar-refractivity contribution in [3.05, 3.63) is 0 Å². The molecule has 0 unspecified atom stereocenters. The average molecular weight is 296 g/mol. The average Bonchev–Trinajstić information content (AvgIpc) is 2.95. The minimum absolute atomic E-state index is 0.0443. The second-order valence-corrected chi connectivity index (χ2v) is 7.85. The third-order valence-corrected chi connectivity index (χ3v) is 5.15. The molecule has 21 heavy (non-hydrogen) atoms. The molecular formula is C16H28N2O3. The van der Waals surface area contributed by atoms with E-state index < -0.39 is 5.60 Å². The van der Waals surface area contributed by atoms with E-state index in [9.17, 15) is 4.79 Å². The molecule has 1 N–H and O–H groups in total. The molecule has 0 aromatic heterocycles. The molecule has 5 nitrogen and oxygen atoms in total. The van der Waals surface area contributed by atoms with Crippen LogP contribution in [0.25, 0.3) is 0 Å². The van der Waals surface area contributed by atoms with Crippen molar-refractivity contribution in [2.24, 2.45) is 11.8 Å². The van der Waals surface area contributed by atoms with Gasteiger partial charge in [0.25, 0.3) is 0 Å². The zero-order valence-corrected chi connectivity index (χ0v) is 13.5. The van der Waals surface area contributed by atoms with Gasteiger partial charge in [-0.1, -0.05) is 19.3 Å². The molecule has 3 rings (SSSR count). The summed E-state index contributed by atoms with van der Waals surface area (Å²) in [5.74, 6) is 1.01. The first-order chi connectivity index (χ1) is 9.91. The van der Waals surface area contributed by atoms with Crippen molar-refractivity contribution in [3.8, 4) is 0 Å². The maximum Gasteiger partial charge on any atom is 0.410 e. The third kappa shape index (κ3) is 2.90. The summed E-state index contributed by atoms with van der Waals surface area (Å²) < 4.78 is 5.54. The number of hydrogen-bond donors (Lipinski definition) is 1. The largest absolute Gasteiger partial charge is 0.444 e. The van der Waals surface area contributed by atoms with Gasteiger partial charge in [-0.15, -0.1) is 0 Å². The summed E-state index contributed by atoms with van der Waals surface area (Å²) in [6, 6.07) is 0. The number of carbonyl (C=O) groups excluding carboxylic acids is 1. The van der Waals surface area contributed by atoms with Gasteiger partial charge in [0, 0.05) is 19.0 Å². The Labute approximate surface area is 127 Å². The van der Waals surface area contributed by atoms with E-state index in [1.165, 1.54) is 32.1 Å². The summed E-state index contributed by atoms with van der Waals surface area (Å²) in [6.07, 6.45) is 6.24. The zero-order chi connectivity index (χ0) is 15.1. The second-order valence-electron chi connectivity index (χ2n) is 7.85. The normalized spacial score (nSPS) is 34.0. The van der Waals surface area contributed by atoms with Crippen LogP contribution in [0.3, 0.4) is 0 Å². The number of nitrogens with zero attached hydrogens (tertiary/aromatic N) is 1. The van der Waals surface area contributed by atoms with Crippen LogP contribution >= 0.6 is 0 Å². The number of amides is 1. The van der Waals surface area contributed by atoms with Gasteiger partial charge in [-0.2, -0.15) is 5.48 Å². The lowest BCUT2D eigenvalue weighted by atomic mass is 9.71. The molecule has 2 heterocycles. The van der Waals surface area contributed by atoms with E-state index in [4.69, 9.17) is 9.57 Å². The van der Waals surface area contributed by atoms with Crippen LogP contribution in [-0.2, 0) is 9.57 Å². The molecule has 3 aliphatic rings. The zero-order valence-electron chi connectivity index (χ0n) is 13.5. The van der Waals surface area contributed by atoms with Gasteiger partial charge in [-0.3, -0.25) is 0 Å². The third-order valence-electron chi connectivity index (χ3n) is 5.15. The number of nitrogens with one attached hydrogen (secondary N) is 1. The molecule has 0 aromatic carbocycles. The van der Waals surface area contributed by atoms with Gasteiger partial charge < -0.3 is 14.5 Å². The Hall–Kier alpha value is -0.810. The minimum Gasteiger partial charge on any atom is -0.444 e. The first kappa shape index (κ1) is 15.1. The molecule has 0 spiro atoms. The highest BCUT2D eigenvalue weighted by atomic mass is 16.7. The van der Waals surface area contributed by atoms with E-state index in [1.807, 2.05) is 25.7 Å². The summed E-state index contributed by atoms with van der Waals surface area (Å²) in [5, 5.41) is 0. The van der Waals surface area contributed by atoms with E-state index in [1.54, 1.807) is 0 Å². The Balaban J connectivity index is 1.71. The van der Waals surface area contributed by atoms with Crippen molar-refractivity contribution in [1.29, 1.82) is 0 Å². The standard InChI is InChI=1S/C16H28N2O3/c1-15(2,3)21-14(19)18-9-13-10-20-17-16(13,11-18)12-7-5-4-6-8-12/h12-13,17H,4-11H2,1-3H3/t13-,16+/m0/s1. The molecule has 0 bridgehead atoms. The van der Waals surface area contributed by atoms with Crippen LogP contribution < -0.4 is 5.48 Å². The van der Waals surface area contributed by atoms with Crippen molar-refractivity contribution in [1.82, 2.24) is 10.4 Å². The predicted octanol–water partition coefficient (Wildman–Crippen LogP) is 2.71. The quantitative estimate of drug-likeness (QED) is 0.808. The number of hydroxylamine groups is 1. The van der Waals surface area contributed by atoms with Crippen LogP contribution in [0.15, 0.2) is 0 Å². The van der Waals surface area contributed by atoms with Crippen molar-refractivity contribution in [2.75, 3.05) is 19.7 Å². The van der Waals surface area contributed by atoms with Gasteiger partial charge in [0.15, 0.2) is 0 Å². The van der Waals surface area contributed by atoms with Crippen LogP contribution in [0, 0.1) is 11.8 Å². The van der Waals surface area contributed by atoms with E-state index in [-0.39, 0.29) is 11.6 Å². The molecule has 120 valence electrons. The highest BCUT2D eigenvalue weighted by molar-refractivity contribution is 5.69. The van der Waals surface area contributed by atoms with E-state index in [0.717, 1.165) is 13.1 Å². The Bertz CT molecular complexity index is 401. The molecule has 3 fully saturated rings. The molecule has 0 aromatic rings. The van der Waals surface area contributed by atoms with Crippen molar-refractivity contribution in [2.45, 2.75) is 64.0 Å². The van der Waals surface area contributed by atoms with Gasteiger partial charge in [0.05, 0.1) is 12.1 Å². The van der Waals surface area contributed by atoms with Gasteiger partial charge in [0.1, 0.15) is 5.60 Å². The Morgan fingerprint density at radius 3 is 2.62 bits per heavy atom. The lowest BCUT2D eigenvalue weighted by Crippen LogP contribution is -2.53. The number of fused-ring (bicyclic) bond motifs is 1. The minimum atomic E-state index is -0.434. The number of rotatable bonds is 1. The van der Waals surface area contributed by atoms with Crippen LogP contribution in [0.5, 0.6) is 0 Å². The maximum absolute atomic E-state index is 12.4. The molecule has 2 saturated heterocycles. The fourth-order valence-electron chi connectivity index (χ4n) is 4.16. The van der Waals surface area contributed by atoms with Gasteiger partial charge in [-0.05, 0) is 39.5 Å². The highest BCUT2D eigenvalue weighted by Crippen LogP contribution is 2.44. The number of hydrogen-bond acceptors (Lipinski definition) is 4. The summed E-state index contributed by atoms with van der Waals surface area (Å²) in [5.41, 5.74) is 2.82. The molecule has 5 heteroatoms. The van der Waals surface area contributed by atoms with Gasteiger partial charge in [-0.25, -0.2) is 4.79 Å². The predicted molar refractivity (Wildman–Crippen MR) is 79.7 cm³/mol. The van der Waals surface area contributed by atoms with E-state index in [0.29, 0.717) is 18.4 Å². The van der Waals surface area contributed by atoms with Crippen LogP contribution in [0.4, 0.5) is 4.79 Å². The lowest BCUT2D eigenvalue weighted by Gasteiger charge is -2.38. The first-order valence-corrected chi connectivity index (χ1v) is 8.28. The summed E-state index contributed by atoms with van der Waals surface area (Å²) >= 11 is 0. The highest BCUT2D eigenvalue weighted by Gasteiger charge is 2.56. The molecular weight excluding hydrogens is 268 g/mol. The SMILES string of the molecule is CC(C)(C)OC(=O)N1C[C@H]2CON[C@@]2(C2CCCCC2)C1. The number of ether oxygens (including phenoxy) is 1. The van der Waals surface area contributed by atoms with Crippen molar-refractivity contribution < 1.29 is 14.4 Å². The van der Waals surface area contributed by atoms with Gasteiger partial charge in [0.2, 0.25) is 0 Å². The molecule has 2 aliphatic heterocycles. The van der Waals surface area contributed by atoms with Crippen molar-refractivity contribution >= 4 is 6.09 Å². The van der Waals surface area contributed by atoms with Crippen molar-refractivity contribution in [3.63, 3.8) is 0 Å². The molecule has 0 radical (unpaired) electrons. The summed E-state index contributed by atoms with van der Waals surface area (Å²) in [4.78, 5) is 19.8. The fraction of sp³-hybridized carbons (Fsp3) is 0.938. The summed E-state index contributed by atoms with van der Waals surface area (Å²) in [7, 11) is 0. The maximum atomic E-state index is 12.4.